The molecule has 1 aliphatic rings. The van der Waals surface area contributed by atoms with Crippen LogP contribution in [0.3, 0.4) is 0 Å². The van der Waals surface area contributed by atoms with E-state index in [1.165, 1.54) is 0 Å². The Bertz CT molecular complexity index is 798. The van der Waals surface area contributed by atoms with E-state index < -0.39 is 6.10 Å². The van der Waals surface area contributed by atoms with Crippen LogP contribution in [0.25, 0.3) is 10.6 Å². The lowest BCUT2D eigenvalue weighted by Crippen LogP contribution is -2.43. The minimum absolute atomic E-state index is 0.400. The number of aliphatic hydroxyl groups excluding tert-OH is 1. The molecule has 1 saturated heterocycles. The monoisotopic (exact) mass is 370 g/mol. The molecule has 1 aromatic carbocycles. The third kappa shape index (κ3) is 3.95. The van der Waals surface area contributed by atoms with Gasteiger partial charge in [-0.25, -0.2) is 0 Å². The molecule has 1 atom stereocenters. The average Bonchev–Trinajstić information content (AvgIpc) is 3.39. The van der Waals surface area contributed by atoms with E-state index in [2.05, 4.69) is 32.5 Å². The highest BCUT2D eigenvalue weighted by atomic mass is 32.1. The molecule has 0 amide bonds. The summed E-state index contributed by atoms with van der Waals surface area (Å²) in [7, 11) is 0. The molecule has 26 heavy (non-hydrogen) atoms. The molecule has 0 radical (unpaired) electrons. The third-order valence-electron chi connectivity index (χ3n) is 4.67. The van der Waals surface area contributed by atoms with Crippen molar-refractivity contribution in [3.63, 3.8) is 0 Å². The first-order chi connectivity index (χ1) is 12.8. The van der Waals surface area contributed by atoms with Crippen LogP contribution in [0.2, 0.25) is 0 Å². The zero-order valence-corrected chi connectivity index (χ0v) is 15.2. The first kappa shape index (κ1) is 17.2. The van der Waals surface area contributed by atoms with Crippen LogP contribution in [0.15, 0.2) is 53.1 Å². The van der Waals surface area contributed by atoms with E-state index in [0.29, 0.717) is 18.3 Å². The molecule has 2 N–H and O–H groups in total. The van der Waals surface area contributed by atoms with Gasteiger partial charge in [0.1, 0.15) is 16.9 Å². The van der Waals surface area contributed by atoms with Crippen LogP contribution >= 0.6 is 11.3 Å². The Labute approximate surface area is 156 Å². The molecular formula is C19H22N4O2S. The van der Waals surface area contributed by atoms with Crippen molar-refractivity contribution in [3.05, 3.63) is 54.5 Å². The summed E-state index contributed by atoms with van der Waals surface area (Å²) in [6, 6.07) is 14.2. The summed E-state index contributed by atoms with van der Waals surface area (Å²) in [5.74, 6) is 0.609. The summed E-state index contributed by atoms with van der Waals surface area (Å²) in [6.07, 6.45) is 3.03. The number of anilines is 1. The van der Waals surface area contributed by atoms with Crippen molar-refractivity contribution < 1.29 is 9.52 Å². The number of hydrogen-bond acceptors (Lipinski definition) is 7. The van der Waals surface area contributed by atoms with Gasteiger partial charge in [-0.05, 0) is 25.0 Å². The molecule has 136 valence electrons. The van der Waals surface area contributed by atoms with E-state index in [1.54, 1.807) is 29.7 Å². The van der Waals surface area contributed by atoms with Crippen molar-refractivity contribution in [3.8, 4) is 10.6 Å². The topological polar surface area (TPSA) is 74.4 Å². The minimum Gasteiger partial charge on any atom is -0.467 e. The predicted octanol–water partition coefficient (Wildman–Crippen LogP) is 3.09. The van der Waals surface area contributed by atoms with Crippen molar-refractivity contribution in [2.24, 2.45) is 0 Å². The molecular weight excluding hydrogens is 348 g/mol. The van der Waals surface area contributed by atoms with Gasteiger partial charge >= 0.3 is 0 Å². The number of nitrogens with one attached hydrogen (secondary N) is 1. The highest BCUT2D eigenvalue weighted by Gasteiger charge is 2.23. The Morgan fingerprint density at radius 3 is 2.69 bits per heavy atom. The number of benzene rings is 1. The molecule has 6 nitrogen and oxygen atoms in total. The van der Waals surface area contributed by atoms with Crippen LogP contribution < -0.4 is 10.2 Å². The zero-order valence-electron chi connectivity index (χ0n) is 14.4. The molecule has 3 heterocycles. The number of furan rings is 1. The number of aliphatic hydroxyl groups is 1. The number of nitrogens with zero attached hydrogens (tertiary/aromatic N) is 3. The van der Waals surface area contributed by atoms with Gasteiger partial charge in [-0.2, -0.15) is 0 Å². The smallest absolute Gasteiger partial charge is 0.208 e. The first-order valence-electron chi connectivity index (χ1n) is 8.88. The summed E-state index contributed by atoms with van der Waals surface area (Å²) in [4.78, 5) is 2.30. The van der Waals surface area contributed by atoms with E-state index in [4.69, 9.17) is 4.42 Å². The van der Waals surface area contributed by atoms with E-state index in [1.807, 2.05) is 18.2 Å². The van der Waals surface area contributed by atoms with Crippen LogP contribution in [0.5, 0.6) is 0 Å². The molecule has 0 spiro atoms. The van der Waals surface area contributed by atoms with Gasteiger partial charge in [0.25, 0.3) is 0 Å². The molecule has 7 heteroatoms. The molecule has 4 rings (SSSR count). The minimum atomic E-state index is -0.598. The van der Waals surface area contributed by atoms with Gasteiger partial charge in [-0.1, -0.05) is 41.7 Å². The summed E-state index contributed by atoms with van der Waals surface area (Å²) >= 11 is 1.64. The van der Waals surface area contributed by atoms with Crippen molar-refractivity contribution in [1.29, 1.82) is 0 Å². The van der Waals surface area contributed by atoms with Gasteiger partial charge in [0.15, 0.2) is 0 Å². The Balaban J connectivity index is 1.28. The lowest BCUT2D eigenvalue weighted by Gasteiger charge is -2.32. The van der Waals surface area contributed by atoms with Gasteiger partial charge in [0.2, 0.25) is 5.13 Å². The van der Waals surface area contributed by atoms with Gasteiger partial charge in [-0.15, -0.1) is 10.2 Å². The Kier molecular flexibility index (Phi) is 5.29. The molecule has 3 aromatic rings. The van der Waals surface area contributed by atoms with Crippen molar-refractivity contribution in [1.82, 2.24) is 15.5 Å². The van der Waals surface area contributed by atoms with Gasteiger partial charge in [0.05, 0.1) is 6.26 Å². The maximum atomic E-state index is 10.1. The van der Waals surface area contributed by atoms with Crippen LogP contribution in [-0.4, -0.2) is 41.0 Å². The SMILES string of the molecule is OC(CNC1CCN(c2nnc(-c3ccccc3)s2)CC1)c1ccco1. The summed E-state index contributed by atoms with van der Waals surface area (Å²) in [5, 5.41) is 24.2. The third-order valence-corrected chi connectivity index (χ3v) is 5.71. The summed E-state index contributed by atoms with van der Waals surface area (Å²) in [6.45, 7) is 2.39. The predicted molar refractivity (Wildman–Crippen MR) is 102 cm³/mol. The van der Waals surface area contributed by atoms with Crippen LogP contribution in [-0.2, 0) is 0 Å². The van der Waals surface area contributed by atoms with Gasteiger partial charge in [-0.3, -0.25) is 0 Å². The molecule has 2 aromatic heterocycles. The first-order valence-corrected chi connectivity index (χ1v) is 9.70. The average molecular weight is 370 g/mol. The van der Waals surface area contributed by atoms with Gasteiger partial charge < -0.3 is 19.7 Å². The number of hydrogen-bond donors (Lipinski definition) is 2. The highest BCUT2D eigenvalue weighted by molar-refractivity contribution is 7.18. The molecule has 1 aliphatic heterocycles. The maximum absolute atomic E-state index is 10.1. The fraction of sp³-hybridized carbons (Fsp3) is 0.368. The van der Waals surface area contributed by atoms with Crippen LogP contribution in [0.1, 0.15) is 24.7 Å². The molecule has 0 bridgehead atoms. The largest absolute Gasteiger partial charge is 0.467 e. The quantitative estimate of drug-likeness (QED) is 0.695. The zero-order chi connectivity index (χ0) is 17.8. The number of rotatable bonds is 6. The second-order valence-electron chi connectivity index (χ2n) is 6.46. The summed E-state index contributed by atoms with van der Waals surface area (Å²) < 4.78 is 5.24. The Morgan fingerprint density at radius 1 is 1.15 bits per heavy atom. The lowest BCUT2D eigenvalue weighted by molar-refractivity contribution is 0.141. The lowest BCUT2D eigenvalue weighted by atomic mass is 10.1. The molecule has 0 aliphatic carbocycles. The van der Waals surface area contributed by atoms with Crippen molar-refractivity contribution >= 4 is 16.5 Å². The summed E-state index contributed by atoms with van der Waals surface area (Å²) in [5.41, 5.74) is 1.11. The fourth-order valence-electron chi connectivity index (χ4n) is 3.18. The van der Waals surface area contributed by atoms with E-state index in [9.17, 15) is 5.11 Å². The molecule has 0 saturated carbocycles. The highest BCUT2D eigenvalue weighted by Crippen LogP contribution is 2.30. The maximum Gasteiger partial charge on any atom is 0.208 e. The van der Waals surface area contributed by atoms with Crippen LogP contribution in [0.4, 0.5) is 5.13 Å². The van der Waals surface area contributed by atoms with E-state index in [-0.39, 0.29) is 0 Å². The van der Waals surface area contributed by atoms with Crippen molar-refractivity contribution in [2.45, 2.75) is 25.0 Å². The number of piperidine rings is 1. The second kappa shape index (κ2) is 7.99. The second-order valence-corrected chi connectivity index (χ2v) is 7.41. The van der Waals surface area contributed by atoms with Crippen LogP contribution in [0, 0.1) is 0 Å². The molecule has 1 fully saturated rings. The van der Waals surface area contributed by atoms with E-state index >= 15 is 0 Å². The normalized spacial score (nSPS) is 16.7. The Hall–Kier alpha value is -2.22. The fourth-order valence-corrected chi connectivity index (χ4v) is 4.08. The van der Waals surface area contributed by atoms with E-state index in [0.717, 1.165) is 41.6 Å². The van der Waals surface area contributed by atoms with Crippen molar-refractivity contribution in [2.75, 3.05) is 24.5 Å². The number of aromatic nitrogens is 2. The van der Waals surface area contributed by atoms with Gasteiger partial charge in [0, 0.05) is 31.2 Å². The molecule has 1 unspecified atom stereocenters. The standard InChI is InChI=1S/C19H22N4O2S/c24-16(17-7-4-12-25-17)13-20-15-8-10-23(11-9-15)19-22-21-18(26-19)14-5-2-1-3-6-14/h1-7,12,15-16,20,24H,8-11,13H2. The Morgan fingerprint density at radius 2 is 1.96 bits per heavy atom.